The van der Waals surface area contributed by atoms with E-state index >= 15 is 0 Å². The van der Waals surface area contributed by atoms with Crippen LogP contribution >= 0.6 is 23.1 Å². The average Bonchev–Trinajstić information content (AvgIpc) is 3.63. The van der Waals surface area contributed by atoms with Gasteiger partial charge in [0.05, 0.1) is 24.8 Å². The second-order valence-electron chi connectivity index (χ2n) is 7.52. The lowest BCUT2D eigenvalue weighted by Crippen LogP contribution is -2.24. The van der Waals surface area contributed by atoms with Gasteiger partial charge in [0.1, 0.15) is 16.5 Å². The topological polar surface area (TPSA) is 95.1 Å². The van der Waals surface area contributed by atoms with Crippen molar-refractivity contribution in [1.29, 1.82) is 0 Å². The van der Waals surface area contributed by atoms with Crippen LogP contribution in [-0.2, 0) is 5.75 Å². The van der Waals surface area contributed by atoms with Gasteiger partial charge in [-0.05, 0) is 30.7 Å². The van der Waals surface area contributed by atoms with Crippen LogP contribution < -0.4 is 10.1 Å². The van der Waals surface area contributed by atoms with Gasteiger partial charge in [0, 0.05) is 11.9 Å². The van der Waals surface area contributed by atoms with E-state index in [4.69, 9.17) is 9.15 Å². The molecule has 3 heterocycles. The molecule has 34 heavy (non-hydrogen) atoms. The molecule has 0 fully saturated rings. The molecule has 0 aliphatic carbocycles. The average molecular weight is 498 g/mol. The molecule has 10 heteroatoms. The summed E-state index contributed by atoms with van der Waals surface area (Å²) < 4.78 is 13.1. The number of unbranched alkanes of at least 4 members (excludes halogenated alkanes) is 3. The van der Waals surface area contributed by atoms with Crippen LogP contribution in [0.5, 0.6) is 5.75 Å². The van der Waals surface area contributed by atoms with Crippen molar-refractivity contribution in [2.75, 3.05) is 13.7 Å². The molecule has 8 nitrogen and oxygen atoms in total. The van der Waals surface area contributed by atoms with E-state index < -0.39 is 0 Å². The van der Waals surface area contributed by atoms with E-state index in [0.29, 0.717) is 40.5 Å². The number of amides is 1. The molecule has 1 amide bonds. The summed E-state index contributed by atoms with van der Waals surface area (Å²) >= 11 is 2.96. The van der Waals surface area contributed by atoms with Crippen molar-refractivity contribution in [1.82, 2.24) is 25.1 Å². The highest BCUT2D eigenvalue weighted by molar-refractivity contribution is 7.98. The number of furan rings is 1. The number of thiazole rings is 1. The molecule has 0 bridgehead atoms. The first kappa shape index (κ1) is 24.0. The van der Waals surface area contributed by atoms with Crippen molar-refractivity contribution in [2.24, 2.45) is 0 Å². The van der Waals surface area contributed by atoms with Crippen molar-refractivity contribution in [3.8, 4) is 23.0 Å². The molecule has 1 aromatic carbocycles. The van der Waals surface area contributed by atoms with Crippen LogP contribution in [0.15, 0.2) is 57.6 Å². The first-order chi connectivity index (χ1) is 16.7. The zero-order valence-electron chi connectivity index (χ0n) is 19.2. The Morgan fingerprint density at radius 2 is 2.06 bits per heavy atom. The minimum Gasteiger partial charge on any atom is -0.495 e. The first-order valence-electron chi connectivity index (χ1n) is 11.2. The smallest absolute Gasteiger partial charge is 0.270 e. The summed E-state index contributed by atoms with van der Waals surface area (Å²) in [5, 5.41) is 15.1. The summed E-state index contributed by atoms with van der Waals surface area (Å²) in [6, 6.07) is 11.4. The Hall–Kier alpha value is -3.11. The molecule has 0 radical (unpaired) electrons. The Morgan fingerprint density at radius 3 is 2.85 bits per heavy atom. The third kappa shape index (κ3) is 5.68. The molecule has 0 aliphatic rings. The van der Waals surface area contributed by atoms with Crippen LogP contribution in [0, 0.1) is 0 Å². The molecule has 0 saturated heterocycles. The number of para-hydroxylation sites is 2. The number of methoxy groups -OCH3 is 1. The van der Waals surface area contributed by atoms with Gasteiger partial charge in [0.15, 0.2) is 10.9 Å². The van der Waals surface area contributed by atoms with Crippen LogP contribution in [0.3, 0.4) is 0 Å². The molecule has 0 unspecified atom stereocenters. The van der Waals surface area contributed by atoms with Gasteiger partial charge >= 0.3 is 0 Å². The van der Waals surface area contributed by atoms with E-state index in [1.165, 1.54) is 35.9 Å². The van der Waals surface area contributed by atoms with Crippen LogP contribution in [0.2, 0.25) is 0 Å². The third-order valence-corrected chi connectivity index (χ3v) is 7.10. The van der Waals surface area contributed by atoms with Crippen LogP contribution in [-0.4, -0.2) is 39.3 Å². The van der Waals surface area contributed by atoms with Gasteiger partial charge in [-0.1, -0.05) is 50.1 Å². The molecule has 0 saturated carbocycles. The summed E-state index contributed by atoms with van der Waals surface area (Å²) in [5.41, 5.74) is 1.27. The summed E-state index contributed by atoms with van der Waals surface area (Å²) in [7, 11) is 1.63. The van der Waals surface area contributed by atoms with Crippen LogP contribution in [0.25, 0.3) is 17.3 Å². The van der Waals surface area contributed by atoms with Crippen molar-refractivity contribution in [3.63, 3.8) is 0 Å². The largest absolute Gasteiger partial charge is 0.495 e. The molecule has 0 spiro atoms. The maximum absolute atomic E-state index is 12.4. The Bertz CT molecular complexity index is 1200. The van der Waals surface area contributed by atoms with Crippen molar-refractivity contribution >= 4 is 29.0 Å². The molecule has 178 valence electrons. The molecule has 4 rings (SSSR count). The second-order valence-corrected chi connectivity index (χ2v) is 9.41. The lowest BCUT2D eigenvalue weighted by molar-refractivity contribution is 0.0948. The van der Waals surface area contributed by atoms with Gasteiger partial charge < -0.3 is 14.5 Å². The highest BCUT2D eigenvalue weighted by atomic mass is 32.2. The highest BCUT2D eigenvalue weighted by Gasteiger charge is 2.21. The Kier molecular flexibility index (Phi) is 8.37. The summed E-state index contributed by atoms with van der Waals surface area (Å²) in [4.78, 5) is 16.9. The summed E-state index contributed by atoms with van der Waals surface area (Å²) in [6.45, 7) is 2.85. The van der Waals surface area contributed by atoms with Gasteiger partial charge in [-0.15, -0.1) is 21.5 Å². The van der Waals surface area contributed by atoms with E-state index in [0.717, 1.165) is 23.5 Å². The predicted octanol–water partition coefficient (Wildman–Crippen LogP) is 5.59. The Labute approximate surface area is 206 Å². The number of carbonyl (C=O) groups is 1. The van der Waals surface area contributed by atoms with E-state index in [-0.39, 0.29) is 5.91 Å². The number of carbonyl (C=O) groups excluding carboxylic acids is 1. The standard InChI is InChI=1S/C24H27N5O3S2/c1-3-4-5-8-13-25-23(30)17-15-33-21(26-17)16-34-24-28-27-22(20-12-9-14-32-20)29(24)18-10-6-7-11-19(18)31-2/h6-7,9-12,14-15H,3-5,8,13,16H2,1-2H3,(H,25,30). The number of ether oxygens (including phenoxy) is 1. The number of nitrogens with one attached hydrogen (secondary N) is 1. The molecular formula is C24H27N5O3S2. The molecular weight excluding hydrogens is 470 g/mol. The molecule has 0 atom stereocenters. The zero-order chi connectivity index (χ0) is 23.8. The van der Waals surface area contributed by atoms with Gasteiger partial charge in [-0.25, -0.2) is 4.98 Å². The fourth-order valence-electron chi connectivity index (χ4n) is 3.41. The molecule has 4 aromatic rings. The van der Waals surface area contributed by atoms with Crippen molar-refractivity contribution < 1.29 is 13.9 Å². The minimum absolute atomic E-state index is 0.124. The SMILES string of the molecule is CCCCCCNC(=O)c1csc(CSc2nnc(-c3ccco3)n2-c2ccccc2OC)n1. The van der Waals surface area contributed by atoms with Gasteiger partial charge in [-0.2, -0.15) is 0 Å². The highest BCUT2D eigenvalue weighted by Crippen LogP contribution is 2.34. The molecule has 1 N–H and O–H groups in total. The number of nitrogens with zero attached hydrogens (tertiary/aromatic N) is 4. The van der Waals surface area contributed by atoms with Gasteiger partial charge in [0.2, 0.25) is 5.82 Å². The number of benzene rings is 1. The van der Waals surface area contributed by atoms with Crippen molar-refractivity contribution in [3.05, 3.63) is 58.7 Å². The maximum Gasteiger partial charge on any atom is 0.270 e. The minimum atomic E-state index is -0.124. The first-order valence-corrected chi connectivity index (χ1v) is 13.1. The van der Waals surface area contributed by atoms with E-state index in [1.54, 1.807) is 18.8 Å². The number of hydrogen-bond acceptors (Lipinski definition) is 8. The van der Waals surface area contributed by atoms with Crippen molar-refractivity contribution in [2.45, 2.75) is 43.5 Å². The maximum atomic E-state index is 12.4. The normalized spacial score (nSPS) is 11.0. The summed E-state index contributed by atoms with van der Waals surface area (Å²) in [6.07, 6.45) is 6.09. The van der Waals surface area contributed by atoms with Gasteiger partial charge in [-0.3, -0.25) is 9.36 Å². The molecule has 3 aromatic heterocycles. The lowest BCUT2D eigenvalue weighted by Gasteiger charge is -2.12. The summed E-state index contributed by atoms with van der Waals surface area (Å²) in [5.74, 6) is 2.32. The van der Waals surface area contributed by atoms with E-state index in [2.05, 4.69) is 27.4 Å². The lowest BCUT2D eigenvalue weighted by atomic mass is 10.2. The predicted molar refractivity (Wildman–Crippen MR) is 134 cm³/mol. The van der Waals surface area contributed by atoms with E-state index in [9.17, 15) is 4.79 Å². The van der Waals surface area contributed by atoms with Crippen LogP contribution in [0.4, 0.5) is 0 Å². The molecule has 0 aliphatic heterocycles. The monoisotopic (exact) mass is 497 g/mol. The number of aromatic nitrogens is 4. The Balaban J connectivity index is 1.48. The fourth-order valence-corrected chi connectivity index (χ4v) is 5.15. The zero-order valence-corrected chi connectivity index (χ0v) is 20.8. The quantitative estimate of drug-likeness (QED) is 0.201. The number of rotatable bonds is 12. The third-order valence-electron chi connectivity index (χ3n) is 5.13. The Morgan fingerprint density at radius 1 is 1.18 bits per heavy atom. The van der Waals surface area contributed by atoms with Gasteiger partial charge in [0.25, 0.3) is 5.91 Å². The second kappa shape index (κ2) is 11.8. The fraction of sp³-hybridized carbons (Fsp3) is 0.333. The number of hydrogen-bond donors (Lipinski definition) is 1. The number of thioether (sulfide) groups is 1. The van der Waals surface area contributed by atoms with E-state index in [1.807, 2.05) is 41.0 Å². The van der Waals surface area contributed by atoms with Crippen LogP contribution in [0.1, 0.15) is 48.1 Å².